The number of amides is 2. The van der Waals surface area contributed by atoms with E-state index in [2.05, 4.69) is 0 Å². The molecule has 1 saturated heterocycles. The summed E-state index contributed by atoms with van der Waals surface area (Å²) in [6.07, 6.45) is 1.58. The molecule has 0 radical (unpaired) electrons. The van der Waals surface area contributed by atoms with E-state index < -0.39 is 0 Å². The predicted octanol–water partition coefficient (Wildman–Crippen LogP) is 2.79. The van der Waals surface area contributed by atoms with Crippen LogP contribution in [0.15, 0.2) is 48.5 Å². The van der Waals surface area contributed by atoms with Gasteiger partial charge in [-0.05, 0) is 25.0 Å². The van der Waals surface area contributed by atoms with E-state index in [1.807, 2.05) is 65.4 Å². The summed E-state index contributed by atoms with van der Waals surface area (Å²) in [5, 5.41) is 0. The van der Waals surface area contributed by atoms with Crippen LogP contribution < -0.4 is 9.47 Å². The minimum Gasteiger partial charge on any atom is -0.492 e. The zero-order valence-electron chi connectivity index (χ0n) is 17.1. The van der Waals surface area contributed by atoms with Crippen LogP contribution >= 0.6 is 0 Å². The Bertz CT molecular complexity index is 967. The van der Waals surface area contributed by atoms with Crippen molar-refractivity contribution < 1.29 is 19.1 Å². The van der Waals surface area contributed by atoms with Crippen molar-refractivity contribution in [3.8, 4) is 11.5 Å². The van der Waals surface area contributed by atoms with E-state index in [-0.39, 0.29) is 29.7 Å². The maximum atomic E-state index is 13.1. The van der Waals surface area contributed by atoms with Crippen LogP contribution in [-0.2, 0) is 9.59 Å². The van der Waals surface area contributed by atoms with Crippen LogP contribution in [0, 0.1) is 0 Å². The Kier molecular flexibility index (Phi) is 4.85. The van der Waals surface area contributed by atoms with Gasteiger partial charge in [0.1, 0.15) is 36.5 Å². The van der Waals surface area contributed by atoms with Gasteiger partial charge < -0.3 is 19.3 Å². The number of ether oxygens (including phenoxy) is 2. The summed E-state index contributed by atoms with van der Waals surface area (Å²) in [4.78, 5) is 30.0. The molecule has 2 aromatic carbocycles. The van der Waals surface area contributed by atoms with Crippen molar-refractivity contribution in [2.75, 3.05) is 33.4 Å². The number of benzene rings is 2. The predicted molar refractivity (Wildman–Crippen MR) is 112 cm³/mol. The normalized spacial score (nSPS) is 22.6. The molecule has 0 spiro atoms. The summed E-state index contributed by atoms with van der Waals surface area (Å²) < 4.78 is 11.4. The maximum absolute atomic E-state index is 13.1. The molecule has 2 aromatic rings. The maximum Gasteiger partial charge on any atom is 0.233 e. The summed E-state index contributed by atoms with van der Waals surface area (Å²) in [6, 6.07) is 15.7. The second-order valence-electron chi connectivity index (χ2n) is 8.31. The lowest BCUT2D eigenvalue weighted by molar-refractivity contribution is -0.137. The third-order valence-corrected chi connectivity index (χ3v) is 6.67. The van der Waals surface area contributed by atoms with E-state index in [1.54, 1.807) is 0 Å². The van der Waals surface area contributed by atoms with Gasteiger partial charge in [-0.2, -0.15) is 0 Å². The van der Waals surface area contributed by atoms with Crippen LogP contribution in [-0.4, -0.2) is 61.0 Å². The molecule has 2 amide bonds. The molecule has 5 rings (SSSR count). The van der Waals surface area contributed by atoms with Crippen molar-refractivity contribution in [3.63, 3.8) is 0 Å². The zero-order valence-corrected chi connectivity index (χ0v) is 17.1. The van der Waals surface area contributed by atoms with Crippen molar-refractivity contribution in [1.29, 1.82) is 0 Å². The number of fused-ring (bicyclic) bond motifs is 2. The molecular formula is C24H26N2O4. The SMILES string of the molecule is CN(C(=O)[C@@H]1COc2ccccc21)C1CCN(C(=O)[C@H]2COc3ccccc32)CC1. The van der Waals surface area contributed by atoms with Crippen molar-refractivity contribution >= 4 is 11.8 Å². The van der Waals surface area contributed by atoms with Gasteiger partial charge in [-0.25, -0.2) is 0 Å². The van der Waals surface area contributed by atoms with Gasteiger partial charge in [0.05, 0.1) is 0 Å². The van der Waals surface area contributed by atoms with E-state index in [0.29, 0.717) is 26.3 Å². The van der Waals surface area contributed by atoms with Crippen LogP contribution in [0.3, 0.4) is 0 Å². The Morgan fingerprint density at radius 3 is 2.03 bits per heavy atom. The molecule has 30 heavy (non-hydrogen) atoms. The Hall–Kier alpha value is -3.02. The topological polar surface area (TPSA) is 59.1 Å². The lowest BCUT2D eigenvalue weighted by Crippen LogP contribution is -2.49. The Balaban J connectivity index is 1.20. The van der Waals surface area contributed by atoms with E-state index in [4.69, 9.17) is 9.47 Å². The summed E-state index contributed by atoms with van der Waals surface area (Å²) in [5.74, 6) is 1.40. The van der Waals surface area contributed by atoms with Crippen molar-refractivity contribution in [1.82, 2.24) is 9.80 Å². The molecule has 0 N–H and O–H groups in total. The third kappa shape index (κ3) is 3.20. The lowest BCUT2D eigenvalue weighted by Gasteiger charge is -2.38. The minimum absolute atomic E-state index is 0.0999. The molecular weight excluding hydrogens is 380 g/mol. The van der Waals surface area contributed by atoms with Crippen molar-refractivity contribution in [2.24, 2.45) is 0 Å². The van der Waals surface area contributed by atoms with Gasteiger partial charge in [-0.15, -0.1) is 0 Å². The summed E-state index contributed by atoms with van der Waals surface area (Å²) >= 11 is 0. The zero-order chi connectivity index (χ0) is 20.7. The number of rotatable bonds is 3. The fourth-order valence-electron chi connectivity index (χ4n) is 4.85. The van der Waals surface area contributed by atoms with Gasteiger partial charge in [0.2, 0.25) is 11.8 Å². The number of piperidine rings is 1. The highest BCUT2D eigenvalue weighted by molar-refractivity contribution is 5.86. The van der Waals surface area contributed by atoms with Crippen LogP contribution in [0.25, 0.3) is 0 Å². The van der Waals surface area contributed by atoms with Crippen LogP contribution in [0.2, 0.25) is 0 Å². The van der Waals surface area contributed by atoms with Gasteiger partial charge >= 0.3 is 0 Å². The highest BCUT2D eigenvalue weighted by Gasteiger charge is 2.38. The van der Waals surface area contributed by atoms with Crippen molar-refractivity contribution in [2.45, 2.75) is 30.7 Å². The molecule has 0 bridgehead atoms. The second kappa shape index (κ2) is 7.67. The van der Waals surface area contributed by atoms with Crippen LogP contribution in [0.1, 0.15) is 35.8 Å². The highest BCUT2D eigenvalue weighted by Crippen LogP contribution is 2.37. The average Bonchev–Trinajstić information content (AvgIpc) is 3.42. The quantitative estimate of drug-likeness (QED) is 0.787. The minimum atomic E-state index is -0.238. The van der Waals surface area contributed by atoms with Gasteiger partial charge in [-0.3, -0.25) is 9.59 Å². The number of hydrogen-bond donors (Lipinski definition) is 0. The summed E-state index contributed by atoms with van der Waals surface area (Å²) in [5.41, 5.74) is 1.96. The number of para-hydroxylation sites is 2. The van der Waals surface area contributed by atoms with E-state index in [9.17, 15) is 9.59 Å². The van der Waals surface area contributed by atoms with Gasteiger partial charge in [0.15, 0.2) is 0 Å². The monoisotopic (exact) mass is 406 g/mol. The third-order valence-electron chi connectivity index (χ3n) is 6.67. The van der Waals surface area contributed by atoms with E-state index in [1.165, 1.54) is 0 Å². The summed E-state index contributed by atoms with van der Waals surface area (Å²) in [6.45, 7) is 2.15. The molecule has 6 heteroatoms. The number of carbonyl (C=O) groups is 2. The molecule has 6 nitrogen and oxygen atoms in total. The number of carbonyl (C=O) groups excluding carboxylic acids is 2. The smallest absolute Gasteiger partial charge is 0.233 e. The second-order valence-corrected chi connectivity index (χ2v) is 8.31. The average molecular weight is 406 g/mol. The van der Waals surface area contributed by atoms with Crippen LogP contribution in [0.4, 0.5) is 0 Å². The molecule has 0 unspecified atom stereocenters. The Labute approximate surface area is 176 Å². The highest BCUT2D eigenvalue weighted by atomic mass is 16.5. The first-order valence-corrected chi connectivity index (χ1v) is 10.6. The first-order chi connectivity index (χ1) is 14.6. The standard InChI is InChI=1S/C24H26N2O4/c1-25(23(27)19-14-29-21-8-4-2-6-17(19)21)16-10-12-26(13-11-16)24(28)20-15-30-22-9-5-3-7-18(20)22/h2-9,16,19-20H,10-15H2,1H3/t19-,20+/m1/s1. The number of hydrogen-bond acceptors (Lipinski definition) is 4. The Morgan fingerprint density at radius 2 is 1.40 bits per heavy atom. The number of likely N-dealkylation sites (tertiary alicyclic amines) is 1. The molecule has 0 aromatic heterocycles. The van der Waals surface area contributed by atoms with Gasteiger partial charge in [0, 0.05) is 37.3 Å². The molecule has 0 aliphatic carbocycles. The summed E-state index contributed by atoms with van der Waals surface area (Å²) in [7, 11) is 1.88. The van der Waals surface area contributed by atoms with Crippen LogP contribution in [0.5, 0.6) is 11.5 Å². The van der Waals surface area contributed by atoms with Crippen molar-refractivity contribution in [3.05, 3.63) is 59.7 Å². The molecule has 3 heterocycles. The number of likely N-dealkylation sites (N-methyl/N-ethyl adjacent to an activating group) is 1. The fourth-order valence-corrected chi connectivity index (χ4v) is 4.85. The fraction of sp³-hybridized carbons (Fsp3) is 0.417. The van der Waals surface area contributed by atoms with E-state index >= 15 is 0 Å². The van der Waals surface area contributed by atoms with Gasteiger partial charge in [-0.1, -0.05) is 36.4 Å². The number of nitrogens with zero attached hydrogens (tertiary/aromatic N) is 2. The first kappa shape index (κ1) is 19.0. The Morgan fingerprint density at radius 1 is 0.867 bits per heavy atom. The molecule has 1 fully saturated rings. The first-order valence-electron chi connectivity index (χ1n) is 10.6. The largest absolute Gasteiger partial charge is 0.492 e. The molecule has 3 aliphatic heterocycles. The lowest BCUT2D eigenvalue weighted by atomic mass is 9.95. The van der Waals surface area contributed by atoms with E-state index in [0.717, 1.165) is 35.5 Å². The molecule has 0 saturated carbocycles. The molecule has 156 valence electrons. The van der Waals surface area contributed by atoms with Gasteiger partial charge in [0.25, 0.3) is 0 Å². The molecule has 3 aliphatic rings. The molecule has 2 atom stereocenters.